The van der Waals surface area contributed by atoms with Crippen LogP contribution >= 0.6 is 15.9 Å². The zero-order valence-electron chi connectivity index (χ0n) is 11.7. The number of aromatic nitrogens is 2. The highest BCUT2D eigenvalue weighted by Gasteiger charge is 2.14. The molecule has 0 aliphatic carbocycles. The average molecular weight is 339 g/mol. The van der Waals surface area contributed by atoms with Gasteiger partial charge in [0.2, 0.25) is 0 Å². The Morgan fingerprint density at radius 3 is 2.95 bits per heavy atom. The minimum atomic E-state index is -0.580. The Morgan fingerprint density at radius 2 is 2.25 bits per heavy atom. The highest BCUT2D eigenvalue weighted by Crippen LogP contribution is 2.27. The van der Waals surface area contributed by atoms with E-state index in [1.807, 2.05) is 29.1 Å². The highest BCUT2D eigenvalue weighted by atomic mass is 79.9. The molecule has 0 aliphatic rings. The summed E-state index contributed by atoms with van der Waals surface area (Å²) in [7, 11) is 1.64. The summed E-state index contributed by atoms with van der Waals surface area (Å²) in [4.78, 5) is 0. The van der Waals surface area contributed by atoms with E-state index < -0.39 is 6.10 Å². The Hall–Kier alpha value is -1.33. The number of aryl methyl sites for hydroxylation is 1. The lowest BCUT2D eigenvalue weighted by atomic mass is 10.0. The first-order valence-electron chi connectivity index (χ1n) is 6.67. The number of aliphatic hydroxyl groups is 1. The SMILES string of the molecule is CCCn1cc(C(O)Cc2cc(Br)ccc2OC)cn1. The Kier molecular flexibility index (Phi) is 5.20. The van der Waals surface area contributed by atoms with Gasteiger partial charge in [0.25, 0.3) is 0 Å². The molecule has 4 nitrogen and oxygen atoms in total. The summed E-state index contributed by atoms with van der Waals surface area (Å²) in [6, 6.07) is 5.79. The molecule has 20 heavy (non-hydrogen) atoms. The lowest BCUT2D eigenvalue weighted by Crippen LogP contribution is -2.03. The molecular weight excluding hydrogens is 320 g/mol. The molecule has 1 atom stereocenters. The standard InChI is InChI=1S/C15H19BrN2O2/c1-3-6-18-10-12(9-17-18)14(19)8-11-7-13(16)4-5-15(11)20-2/h4-5,7,9-10,14,19H,3,6,8H2,1-2H3. The number of benzene rings is 1. The number of hydrogen-bond acceptors (Lipinski definition) is 3. The van der Waals surface area contributed by atoms with Crippen LogP contribution in [0, 0.1) is 0 Å². The maximum Gasteiger partial charge on any atom is 0.122 e. The van der Waals surface area contributed by atoms with E-state index in [-0.39, 0.29) is 0 Å². The van der Waals surface area contributed by atoms with Crippen LogP contribution in [0.5, 0.6) is 5.75 Å². The summed E-state index contributed by atoms with van der Waals surface area (Å²) in [5.74, 6) is 0.785. The van der Waals surface area contributed by atoms with Crippen molar-refractivity contribution in [2.24, 2.45) is 0 Å². The molecule has 1 heterocycles. The average Bonchev–Trinajstić information content (AvgIpc) is 2.88. The molecule has 1 N–H and O–H groups in total. The summed E-state index contributed by atoms with van der Waals surface area (Å²) in [5.41, 5.74) is 1.80. The molecule has 1 aromatic heterocycles. The molecule has 1 aromatic carbocycles. The van der Waals surface area contributed by atoms with Crippen molar-refractivity contribution in [1.29, 1.82) is 0 Å². The van der Waals surface area contributed by atoms with Crippen molar-refractivity contribution < 1.29 is 9.84 Å². The zero-order valence-corrected chi connectivity index (χ0v) is 13.3. The van der Waals surface area contributed by atoms with Crippen LogP contribution < -0.4 is 4.74 Å². The number of aliphatic hydroxyl groups excluding tert-OH is 1. The minimum absolute atomic E-state index is 0.500. The van der Waals surface area contributed by atoms with Gasteiger partial charge in [0, 0.05) is 29.2 Å². The van der Waals surface area contributed by atoms with Crippen LogP contribution in [-0.2, 0) is 13.0 Å². The van der Waals surface area contributed by atoms with Crippen molar-refractivity contribution in [1.82, 2.24) is 9.78 Å². The Labute approximate surface area is 127 Å². The van der Waals surface area contributed by atoms with Gasteiger partial charge in [-0.2, -0.15) is 5.10 Å². The van der Waals surface area contributed by atoms with Gasteiger partial charge in [-0.15, -0.1) is 0 Å². The van der Waals surface area contributed by atoms with Crippen LogP contribution in [0.25, 0.3) is 0 Å². The quantitative estimate of drug-likeness (QED) is 0.878. The van der Waals surface area contributed by atoms with E-state index in [0.717, 1.165) is 34.3 Å². The van der Waals surface area contributed by atoms with Crippen LogP contribution in [-0.4, -0.2) is 22.0 Å². The maximum atomic E-state index is 10.3. The van der Waals surface area contributed by atoms with E-state index in [9.17, 15) is 5.11 Å². The fraction of sp³-hybridized carbons (Fsp3) is 0.400. The fourth-order valence-corrected chi connectivity index (χ4v) is 2.54. The summed E-state index contributed by atoms with van der Waals surface area (Å²) in [6.45, 7) is 2.97. The van der Waals surface area contributed by atoms with Crippen molar-refractivity contribution in [3.63, 3.8) is 0 Å². The molecule has 0 radical (unpaired) electrons. The molecule has 0 saturated heterocycles. The third kappa shape index (κ3) is 3.61. The van der Waals surface area contributed by atoms with Gasteiger partial charge in [-0.1, -0.05) is 22.9 Å². The summed E-state index contributed by atoms with van der Waals surface area (Å²) >= 11 is 3.44. The monoisotopic (exact) mass is 338 g/mol. The van der Waals surface area contributed by atoms with E-state index in [4.69, 9.17) is 4.74 Å². The van der Waals surface area contributed by atoms with Crippen molar-refractivity contribution in [3.8, 4) is 5.75 Å². The highest BCUT2D eigenvalue weighted by molar-refractivity contribution is 9.10. The van der Waals surface area contributed by atoms with Gasteiger partial charge < -0.3 is 9.84 Å². The molecule has 2 aromatic rings. The molecule has 1 unspecified atom stereocenters. The lowest BCUT2D eigenvalue weighted by Gasteiger charge is -2.12. The number of nitrogens with zero attached hydrogens (tertiary/aromatic N) is 2. The molecule has 0 bridgehead atoms. The smallest absolute Gasteiger partial charge is 0.122 e. The predicted molar refractivity (Wildman–Crippen MR) is 81.9 cm³/mol. The van der Waals surface area contributed by atoms with Gasteiger partial charge in [0.05, 0.1) is 19.4 Å². The van der Waals surface area contributed by atoms with Gasteiger partial charge in [-0.05, 0) is 30.2 Å². The maximum absolute atomic E-state index is 10.3. The van der Waals surface area contributed by atoms with E-state index >= 15 is 0 Å². The Morgan fingerprint density at radius 1 is 1.45 bits per heavy atom. The molecule has 0 spiro atoms. The number of halogens is 1. The third-order valence-corrected chi connectivity index (χ3v) is 3.64. The fourth-order valence-electron chi connectivity index (χ4n) is 2.14. The summed E-state index contributed by atoms with van der Waals surface area (Å²) < 4.78 is 8.16. The first-order valence-corrected chi connectivity index (χ1v) is 7.46. The van der Waals surface area contributed by atoms with Gasteiger partial charge in [-0.3, -0.25) is 4.68 Å². The van der Waals surface area contributed by atoms with Gasteiger partial charge in [0.1, 0.15) is 5.75 Å². The molecular formula is C15H19BrN2O2. The Bertz CT molecular complexity index is 569. The topological polar surface area (TPSA) is 47.3 Å². The van der Waals surface area contributed by atoms with Crippen LogP contribution in [0.2, 0.25) is 0 Å². The Balaban J connectivity index is 2.13. The predicted octanol–water partition coefficient (Wildman–Crippen LogP) is 3.34. The second-order valence-electron chi connectivity index (χ2n) is 4.71. The molecule has 0 aliphatic heterocycles. The summed E-state index contributed by atoms with van der Waals surface area (Å²) in [6.07, 6.45) is 4.57. The molecule has 0 amide bonds. The van der Waals surface area contributed by atoms with Crippen LogP contribution in [0.15, 0.2) is 35.1 Å². The molecule has 108 valence electrons. The molecule has 2 rings (SSSR count). The van der Waals surface area contributed by atoms with Gasteiger partial charge in [-0.25, -0.2) is 0 Å². The van der Waals surface area contributed by atoms with Crippen molar-refractivity contribution in [2.45, 2.75) is 32.4 Å². The normalized spacial score (nSPS) is 12.4. The molecule has 0 fully saturated rings. The zero-order chi connectivity index (χ0) is 14.5. The third-order valence-electron chi connectivity index (χ3n) is 3.15. The van der Waals surface area contributed by atoms with Crippen molar-refractivity contribution in [3.05, 3.63) is 46.2 Å². The number of methoxy groups -OCH3 is 1. The second kappa shape index (κ2) is 6.90. The first-order chi connectivity index (χ1) is 9.63. The first kappa shape index (κ1) is 15.1. The van der Waals surface area contributed by atoms with Crippen molar-refractivity contribution in [2.75, 3.05) is 7.11 Å². The second-order valence-corrected chi connectivity index (χ2v) is 5.63. The van der Waals surface area contributed by atoms with Gasteiger partial charge >= 0.3 is 0 Å². The summed E-state index contributed by atoms with van der Waals surface area (Å²) in [5, 5.41) is 14.6. The van der Waals surface area contributed by atoms with Crippen LogP contribution in [0.4, 0.5) is 0 Å². The van der Waals surface area contributed by atoms with E-state index in [1.165, 1.54) is 0 Å². The minimum Gasteiger partial charge on any atom is -0.496 e. The number of hydrogen-bond donors (Lipinski definition) is 1. The van der Waals surface area contributed by atoms with Crippen LogP contribution in [0.3, 0.4) is 0 Å². The van der Waals surface area contributed by atoms with Crippen LogP contribution in [0.1, 0.15) is 30.6 Å². The van der Waals surface area contributed by atoms with Crippen molar-refractivity contribution >= 4 is 15.9 Å². The number of ether oxygens (including phenoxy) is 1. The van der Waals surface area contributed by atoms with Gasteiger partial charge in [0.15, 0.2) is 0 Å². The molecule has 5 heteroatoms. The van der Waals surface area contributed by atoms with E-state index in [2.05, 4.69) is 28.0 Å². The lowest BCUT2D eigenvalue weighted by molar-refractivity contribution is 0.177. The molecule has 0 saturated carbocycles. The largest absolute Gasteiger partial charge is 0.496 e. The van der Waals surface area contributed by atoms with E-state index in [0.29, 0.717) is 6.42 Å². The number of rotatable bonds is 6. The van der Waals surface area contributed by atoms with E-state index in [1.54, 1.807) is 13.3 Å².